The first-order chi connectivity index (χ1) is 4.15. The molecule has 2 heteroatoms. The van der Waals surface area contributed by atoms with Crippen molar-refractivity contribution >= 4 is 0 Å². The Morgan fingerprint density at radius 3 is 1.40 bits per heavy atom. The largest absolute Gasteiger partial charge is 0.389 e. The van der Waals surface area contributed by atoms with Gasteiger partial charge in [-0.25, -0.2) is 0 Å². The van der Waals surface area contributed by atoms with E-state index in [2.05, 4.69) is 0 Å². The van der Waals surface area contributed by atoms with Crippen molar-refractivity contribution in [2.24, 2.45) is 11.1 Å². The Hall–Kier alpha value is -0.0800. The van der Waals surface area contributed by atoms with E-state index in [0.29, 0.717) is 0 Å². The van der Waals surface area contributed by atoms with E-state index in [1.165, 1.54) is 0 Å². The maximum atomic E-state index is 9.50. The zero-order valence-electron chi connectivity index (χ0n) is 7.60. The second kappa shape index (κ2) is 2.51. The van der Waals surface area contributed by atoms with Gasteiger partial charge in [-0.3, -0.25) is 0 Å². The summed E-state index contributed by atoms with van der Waals surface area (Å²) in [7, 11) is 0. The van der Waals surface area contributed by atoms with E-state index in [9.17, 15) is 5.11 Å². The highest BCUT2D eigenvalue weighted by Gasteiger charge is 2.32. The second-order valence-corrected chi connectivity index (χ2v) is 4.50. The van der Waals surface area contributed by atoms with Crippen LogP contribution in [0.4, 0.5) is 0 Å². The SMILES string of the molecule is CC(C)(C)[C@H](N)C(C)(C)O. The lowest BCUT2D eigenvalue weighted by Gasteiger charge is -2.36. The molecule has 0 spiro atoms. The van der Waals surface area contributed by atoms with Gasteiger partial charge in [-0.2, -0.15) is 0 Å². The molecule has 0 heterocycles. The maximum absolute atomic E-state index is 9.50. The highest BCUT2D eigenvalue weighted by Crippen LogP contribution is 2.25. The van der Waals surface area contributed by atoms with Crippen molar-refractivity contribution in [3.63, 3.8) is 0 Å². The van der Waals surface area contributed by atoms with Crippen molar-refractivity contribution in [1.29, 1.82) is 0 Å². The predicted molar refractivity (Wildman–Crippen MR) is 43.7 cm³/mol. The number of hydrogen-bond donors (Lipinski definition) is 2. The van der Waals surface area contributed by atoms with Gasteiger partial charge < -0.3 is 10.8 Å². The van der Waals surface area contributed by atoms with Gasteiger partial charge >= 0.3 is 0 Å². The molecule has 2 nitrogen and oxygen atoms in total. The van der Waals surface area contributed by atoms with Crippen LogP contribution in [-0.4, -0.2) is 16.7 Å². The normalized spacial score (nSPS) is 17.1. The van der Waals surface area contributed by atoms with Gasteiger partial charge in [0.25, 0.3) is 0 Å². The third kappa shape index (κ3) is 2.67. The zero-order chi connectivity index (χ0) is 8.58. The number of hydrogen-bond acceptors (Lipinski definition) is 2. The molecule has 0 aromatic rings. The van der Waals surface area contributed by atoms with Crippen LogP contribution in [0.25, 0.3) is 0 Å². The summed E-state index contributed by atoms with van der Waals surface area (Å²) >= 11 is 0. The molecule has 0 fully saturated rings. The molecule has 0 unspecified atom stereocenters. The molecule has 0 rings (SSSR count). The van der Waals surface area contributed by atoms with Crippen LogP contribution in [0.5, 0.6) is 0 Å². The summed E-state index contributed by atoms with van der Waals surface area (Å²) in [5.74, 6) is 0. The zero-order valence-corrected chi connectivity index (χ0v) is 7.60. The van der Waals surface area contributed by atoms with Gasteiger partial charge in [-0.05, 0) is 19.3 Å². The van der Waals surface area contributed by atoms with Crippen molar-refractivity contribution in [3.05, 3.63) is 0 Å². The molecule has 0 radical (unpaired) electrons. The summed E-state index contributed by atoms with van der Waals surface area (Å²) < 4.78 is 0. The molecule has 0 aliphatic heterocycles. The molecule has 0 aliphatic carbocycles. The minimum atomic E-state index is -0.780. The van der Waals surface area contributed by atoms with Gasteiger partial charge in [0.1, 0.15) is 0 Å². The monoisotopic (exact) mass is 145 g/mol. The first-order valence-electron chi connectivity index (χ1n) is 3.63. The number of rotatable bonds is 1. The topological polar surface area (TPSA) is 46.2 Å². The van der Waals surface area contributed by atoms with Crippen molar-refractivity contribution in [2.45, 2.75) is 46.3 Å². The summed E-state index contributed by atoms with van der Waals surface area (Å²) in [5, 5.41) is 9.50. The highest BCUT2D eigenvalue weighted by molar-refractivity contribution is 4.89. The standard InChI is InChI=1S/C8H19NO/c1-7(2,3)6(9)8(4,5)10/h6,10H,9H2,1-5H3/t6-/m0/s1. The van der Waals surface area contributed by atoms with Gasteiger partial charge in [0.15, 0.2) is 0 Å². The fourth-order valence-corrected chi connectivity index (χ4v) is 1.06. The van der Waals surface area contributed by atoms with Crippen molar-refractivity contribution < 1.29 is 5.11 Å². The lowest BCUT2D eigenvalue weighted by Crippen LogP contribution is -2.51. The fraction of sp³-hybridized carbons (Fsp3) is 1.00. The molecule has 0 aromatic heterocycles. The third-order valence-corrected chi connectivity index (χ3v) is 1.69. The van der Waals surface area contributed by atoms with Crippen molar-refractivity contribution in [1.82, 2.24) is 0 Å². The molecule has 62 valence electrons. The van der Waals surface area contributed by atoms with Crippen LogP contribution in [-0.2, 0) is 0 Å². The molecule has 10 heavy (non-hydrogen) atoms. The lowest BCUT2D eigenvalue weighted by atomic mass is 9.79. The molecular weight excluding hydrogens is 126 g/mol. The second-order valence-electron chi connectivity index (χ2n) is 4.50. The third-order valence-electron chi connectivity index (χ3n) is 1.69. The first kappa shape index (κ1) is 9.92. The van der Waals surface area contributed by atoms with E-state index in [0.717, 1.165) is 0 Å². The Kier molecular flexibility index (Phi) is 2.49. The van der Waals surface area contributed by atoms with Crippen LogP contribution >= 0.6 is 0 Å². The Bertz CT molecular complexity index is 93.4. The summed E-state index contributed by atoms with van der Waals surface area (Å²) in [6, 6.07) is -0.181. The summed E-state index contributed by atoms with van der Waals surface area (Å²) in [4.78, 5) is 0. The molecular formula is C8H19NO. The van der Waals surface area contributed by atoms with Crippen LogP contribution in [0.2, 0.25) is 0 Å². The van der Waals surface area contributed by atoms with E-state index in [1.807, 2.05) is 20.8 Å². The minimum Gasteiger partial charge on any atom is -0.389 e. The fourth-order valence-electron chi connectivity index (χ4n) is 1.06. The first-order valence-corrected chi connectivity index (χ1v) is 3.63. The number of aliphatic hydroxyl groups is 1. The van der Waals surface area contributed by atoms with Crippen LogP contribution in [0.1, 0.15) is 34.6 Å². The summed E-state index contributed by atoms with van der Waals surface area (Å²) in [5.41, 5.74) is 4.97. The molecule has 0 aromatic carbocycles. The number of nitrogens with two attached hydrogens (primary N) is 1. The van der Waals surface area contributed by atoms with Crippen molar-refractivity contribution in [3.8, 4) is 0 Å². The Morgan fingerprint density at radius 1 is 1.10 bits per heavy atom. The lowest BCUT2D eigenvalue weighted by molar-refractivity contribution is 0.0124. The molecule has 0 aliphatic rings. The average Bonchev–Trinajstić information content (AvgIpc) is 1.59. The van der Waals surface area contributed by atoms with Gasteiger partial charge in [0.2, 0.25) is 0 Å². The Balaban J connectivity index is 4.23. The average molecular weight is 145 g/mol. The molecule has 0 bridgehead atoms. The smallest absolute Gasteiger partial charge is 0.0747 e. The van der Waals surface area contributed by atoms with Gasteiger partial charge in [-0.1, -0.05) is 20.8 Å². The van der Waals surface area contributed by atoms with Gasteiger partial charge in [0, 0.05) is 6.04 Å². The van der Waals surface area contributed by atoms with E-state index < -0.39 is 5.60 Å². The molecule has 0 saturated heterocycles. The van der Waals surface area contributed by atoms with Crippen LogP contribution in [0, 0.1) is 5.41 Å². The molecule has 1 atom stereocenters. The van der Waals surface area contributed by atoms with Crippen molar-refractivity contribution in [2.75, 3.05) is 0 Å². The Labute approximate surface area is 63.4 Å². The molecule has 0 amide bonds. The molecule has 0 saturated carbocycles. The quantitative estimate of drug-likeness (QED) is 0.581. The maximum Gasteiger partial charge on any atom is 0.0747 e. The van der Waals surface area contributed by atoms with Gasteiger partial charge in [0.05, 0.1) is 5.60 Å². The van der Waals surface area contributed by atoms with E-state index in [4.69, 9.17) is 5.73 Å². The minimum absolute atomic E-state index is 0.0295. The Morgan fingerprint density at radius 2 is 1.40 bits per heavy atom. The predicted octanol–water partition coefficient (Wildman–Crippen LogP) is 1.13. The highest BCUT2D eigenvalue weighted by atomic mass is 16.3. The van der Waals surface area contributed by atoms with Crippen LogP contribution in [0.15, 0.2) is 0 Å². The van der Waals surface area contributed by atoms with Gasteiger partial charge in [-0.15, -0.1) is 0 Å². The van der Waals surface area contributed by atoms with E-state index in [-0.39, 0.29) is 11.5 Å². The molecule has 3 N–H and O–H groups in total. The summed E-state index contributed by atoms with van der Waals surface area (Å²) in [6.45, 7) is 9.55. The summed E-state index contributed by atoms with van der Waals surface area (Å²) in [6.07, 6.45) is 0. The van der Waals surface area contributed by atoms with Crippen LogP contribution in [0.3, 0.4) is 0 Å². The van der Waals surface area contributed by atoms with E-state index >= 15 is 0 Å². The van der Waals surface area contributed by atoms with E-state index in [1.54, 1.807) is 13.8 Å². The van der Waals surface area contributed by atoms with Crippen LogP contribution < -0.4 is 5.73 Å².